The van der Waals surface area contributed by atoms with Gasteiger partial charge in [-0.2, -0.15) is 4.98 Å². The molecule has 13 heteroatoms. The van der Waals surface area contributed by atoms with Crippen LogP contribution in [0.4, 0.5) is 5.82 Å². The van der Waals surface area contributed by atoms with Crippen LogP contribution in [0.1, 0.15) is 33.9 Å². The van der Waals surface area contributed by atoms with Crippen molar-refractivity contribution < 1.29 is 28.9 Å². The van der Waals surface area contributed by atoms with Gasteiger partial charge in [-0.1, -0.05) is 32.8 Å². The van der Waals surface area contributed by atoms with Crippen molar-refractivity contribution in [3.63, 3.8) is 0 Å². The first-order valence-electron chi connectivity index (χ1n) is 9.17. The number of carbonyl (C=O) groups excluding carboxylic acids is 2. The lowest BCUT2D eigenvalue weighted by atomic mass is 10.0. The lowest BCUT2D eigenvalue weighted by molar-refractivity contribution is -0.177. The number of hydrogen-bond acceptors (Lipinski definition) is 10. The van der Waals surface area contributed by atoms with Gasteiger partial charge >= 0.3 is 17.6 Å². The van der Waals surface area contributed by atoms with E-state index < -0.39 is 60.2 Å². The zero-order valence-electron chi connectivity index (χ0n) is 17.0. The van der Waals surface area contributed by atoms with Gasteiger partial charge in [0, 0.05) is 11.1 Å². The number of nitrogens with two attached hydrogens (primary N) is 1. The van der Waals surface area contributed by atoms with E-state index in [9.17, 15) is 19.5 Å². The maximum absolute atomic E-state index is 12.4. The SMILES string of the molecule is CC(C)C(=O)OC1C(n2ccc(N)nc2=O)OC(CO)(N=[N+]=[N-])C1OC(=O)C(C)C. The minimum absolute atomic E-state index is 0.0591. The average molecular weight is 424 g/mol. The Morgan fingerprint density at radius 1 is 1.37 bits per heavy atom. The summed E-state index contributed by atoms with van der Waals surface area (Å²) in [6.07, 6.45) is -3.15. The summed E-state index contributed by atoms with van der Waals surface area (Å²) >= 11 is 0. The summed E-state index contributed by atoms with van der Waals surface area (Å²) in [6.45, 7) is 5.36. The fourth-order valence-electron chi connectivity index (χ4n) is 2.71. The lowest BCUT2D eigenvalue weighted by Crippen LogP contribution is -2.49. The number of aromatic nitrogens is 2. The van der Waals surface area contributed by atoms with Gasteiger partial charge in [0.05, 0.1) is 18.4 Å². The summed E-state index contributed by atoms with van der Waals surface area (Å²) in [5.74, 6) is -2.63. The lowest BCUT2D eigenvalue weighted by Gasteiger charge is -2.29. The predicted molar refractivity (Wildman–Crippen MR) is 101 cm³/mol. The third kappa shape index (κ3) is 4.53. The highest BCUT2D eigenvalue weighted by molar-refractivity contribution is 5.73. The Balaban J connectivity index is 2.64. The normalized spacial score (nSPS) is 25.8. The van der Waals surface area contributed by atoms with Gasteiger partial charge in [-0.15, -0.1) is 0 Å². The van der Waals surface area contributed by atoms with Gasteiger partial charge in [0.1, 0.15) is 5.82 Å². The highest BCUT2D eigenvalue weighted by atomic mass is 16.7. The summed E-state index contributed by atoms with van der Waals surface area (Å²) in [6, 6.07) is 1.30. The molecule has 1 fully saturated rings. The number of aliphatic hydroxyl groups is 1. The Bertz CT molecular complexity index is 910. The van der Waals surface area contributed by atoms with E-state index in [4.69, 9.17) is 25.5 Å². The quantitative estimate of drug-likeness (QED) is 0.271. The summed E-state index contributed by atoms with van der Waals surface area (Å²) in [7, 11) is 0. The van der Waals surface area contributed by atoms with E-state index in [0.29, 0.717) is 0 Å². The zero-order chi connectivity index (χ0) is 22.6. The van der Waals surface area contributed by atoms with Crippen LogP contribution in [0.3, 0.4) is 0 Å². The van der Waals surface area contributed by atoms with Gasteiger partial charge in [-0.25, -0.2) is 4.79 Å². The molecule has 4 unspecified atom stereocenters. The monoisotopic (exact) mass is 424 g/mol. The molecular weight excluding hydrogens is 400 g/mol. The maximum atomic E-state index is 12.4. The Morgan fingerprint density at radius 2 is 1.97 bits per heavy atom. The third-order valence-electron chi connectivity index (χ3n) is 4.35. The van der Waals surface area contributed by atoms with Crippen molar-refractivity contribution in [3.05, 3.63) is 33.2 Å². The van der Waals surface area contributed by atoms with Crippen LogP contribution >= 0.6 is 0 Å². The molecule has 2 rings (SSSR count). The molecule has 0 saturated carbocycles. The summed E-state index contributed by atoms with van der Waals surface area (Å²) in [4.78, 5) is 43.2. The number of aliphatic hydroxyl groups excluding tert-OH is 1. The molecule has 0 radical (unpaired) electrons. The second kappa shape index (κ2) is 9.11. The predicted octanol–water partition coefficient (Wildman–Crippen LogP) is 0.489. The van der Waals surface area contributed by atoms with Gasteiger partial charge < -0.3 is 25.1 Å². The Morgan fingerprint density at radius 3 is 2.47 bits per heavy atom. The number of ether oxygens (including phenoxy) is 3. The number of esters is 2. The van der Waals surface area contributed by atoms with Crippen LogP contribution in [0.15, 0.2) is 22.2 Å². The van der Waals surface area contributed by atoms with Gasteiger partial charge in [0.25, 0.3) is 0 Å². The summed E-state index contributed by atoms with van der Waals surface area (Å²) < 4.78 is 17.5. The summed E-state index contributed by atoms with van der Waals surface area (Å²) in [5.41, 5.74) is 11.5. The molecule has 1 aliphatic heterocycles. The Hall–Kier alpha value is -3.15. The molecule has 164 valence electrons. The van der Waals surface area contributed by atoms with Crippen molar-refractivity contribution in [3.8, 4) is 0 Å². The molecule has 0 bridgehead atoms. The maximum Gasteiger partial charge on any atom is 0.351 e. The standard InChI is InChI=1S/C17H24N6O7/c1-8(2)14(25)28-11-12(29-15(26)9(3)4)17(7-24,21-22-19)30-13(11)23-6-5-10(18)20-16(23)27/h5-6,8-9,11-13,24H,7H2,1-4H3,(H2,18,20,27). The van der Waals surface area contributed by atoms with Crippen LogP contribution in [-0.2, 0) is 23.8 Å². The highest BCUT2D eigenvalue weighted by Crippen LogP contribution is 2.42. The first kappa shape index (κ1) is 23.1. The minimum Gasteiger partial charge on any atom is -0.455 e. The van der Waals surface area contributed by atoms with Crippen LogP contribution in [-0.4, -0.2) is 51.1 Å². The second-order valence-electron chi connectivity index (χ2n) is 7.31. The van der Waals surface area contributed by atoms with Gasteiger partial charge in [-0.05, 0) is 11.6 Å². The highest BCUT2D eigenvalue weighted by Gasteiger charge is 2.60. The van der Waals surface area contributed by atoms with Crippen LogP contribution in [0.25, 0.3) is 10.4 Å². The van der Waals surface area contributed by atoms with E-state index in [2.05, 4.69) is 15.0 Å². The molecule has 30 heavy (non-hydrogen) atoms. The number of azide groups is 1. The molecule has 0 spiro atoms. The van der Waals surface area contributed by atoms with Crippen molar-refractivity contribution in [1.29, 1.82) is 0 Å². The molecule has 13 nitrogen and oxygen atoms in total. The largest absolute Gasteiger partial charge is 0.455 e. The number of anilines is 1. The molecule has 1 aliphatic rings. The first-order valence-corrected chi connectivity index (χ1v) is 9.17. The molecule has 2 heterocycles. The second-order valence-corrected chi connectivity index (χ2v) is 7.31. The Labute approximate surface area is 171 Å². The van der Waals surface area contributed by atoms with Crippen LogP contribution in [0.2, 0.25) is 0 Å². The fraction of sp³-hybridized carbons (Fsp3) is 0.647. The van der Waals surface area contributed by atoms with Crippen molar-refractivity contribution in [2.24, 2.45) is 17.0 Å². The molecule has 1 aromatic heterocycles. The van der Waals surface area contributed by atoms with Crippen molar-refractivity contribution in [2.45, 2.75) is 51.9 Å². The number of rotatable bonds is 7. The number of hydrogen-bond donors (Lipinski definition) is 2. The first-order chi connectivity index (χ1) is 14.1. The van der Waals surface area contributed by atoms with E-state index in [1.54, 1.807) is 27.7 Å². The van der Waals surface area contributed by atoms with Crippen LogP contribution in [0, 0.1) is 11.8 Å². The van der Waals surface area contributed by atoms with Gasteiger partial charge in [0.15, 0.2) is 18.4 Å². The average Bonchev–Trinajstić information content (AvgIpc) is 2.95. The molecular formula is C17H24N6O7. The number of nitrogen functional groups attached to an aromatic ring is 1. The third-order valence-corrected chi connectivity index (χ3v) is 4.35. The van der Waals surface area contributed by atoms with Gasteiger partial charge in [0.2, 0.25) is 5.72 Å². The molecule has 0 amide bonds. The topological polar surface area (TPSA) is 192 Å². The number of carbonyl (C=O) groups is 2. The van der Waals surface area contributed by atoms with E-state index in [-0.39, 0.29) is 5.82 Å². The summed E-state index contributed by atoms with van der Waals surface area (Å²) in [5, 5.41) is 13.4. The zero-order valence-corrected chi connectivity index (χ0v) is 17.0. The van der Waals surface area contributed by atoms with E-state index >= 15 is 0 Å². The molecule has 1 aromatic rings. The molecule has 0 aliphatic carbocycles. The van der Waals surface area contributed by atoms with Crippen molar-refractivity contribution >= 4 is 17.8 Å². The smallest absolute Gasteiger partial charge is 0.351 e. The molecule has 3 N–H and O–H groups in total. The van der Waals surface area contributed by atoms with Crippen molar-refractivity contribution in [2.75, 3.05) is 12.3 Å². The molecule has 4 atom stereocenters. The Kier molecular flexibility index (Phi) is 7.03. The number of nitrogens with zero attached hydrogens (tertiary/aromatic N) is 5. The molecule has 1 saturated heterocycles. The fourth-order valence-corrected chi connectivity index (χ4v) is 2.71. The van der Waals surface area contributed by atoms with Crippen molar-refractivity contribution in [1.82, 2.24) is 9.55 Å². The van der Waals surface area contributed by atoms with E-state index in [1.807, 2.05) is 0 Å². The van der Waals surface area contributed by atoms with Crippen LogP contribution in [0.5, 0.6) is 0 Å². The van der Waals surface area contributed by atoms with E-state index in [1.165, 1.54) is 12.3 Å². The van der Waals surface area contributed by atoms with E-state index in [0.717, 1.165) is 4.57 Å². The van der Waals surface area contributed by atoms with Crippen LogP contribution < -0.4 is 11.4 Å². The van der Waals surface area contributed by atoms with Gasteiger partial charge in [-0.3, -0.25) is 14.2 Å². The molecule has 0 aromatic carbocycles. The minimum atomic E-state index is -2.15.